The van der Waals surface area contributed by atoms with Gasteiger partial charge in [0.2, 0.25) is 5.91 Å². The molecule has 6 nitrogen and oxygen atoms in total. The number of nitrogens with zero attached hydrogens (tertiary/aromatic N) is 2. The van der Waals surface area contributed by atoms with Crippen LogP contribution in [0.3, 0.4) is 0 Å². The molecule has 1 aliphatic heterocycles. The zero-order chi connectivity index (χ0) is 16.4. The SMILES string of the molecule is CS(=O)(=O)c1cn[nH]c1C1CCCCN1C(=O)Cc1cccs1. The smallest absolute Gasteiger partial charge is 0.228 e. The number of amides is 1. The molecule has 1 fully saturated rings. The summed E-state index contributed by atoms with van der Waals surface area (Å²) < 4.78 is 23.9. The van der Waals surface area contributed by atoms with Crippen molar-refractivity contribution in [3.63, 3.8) is 0 Å². The van der Waals surface area contributed by atoms with Crippen LogP contribution in [0.1, 0.15) is 35.9 Å². The number of carbonyl (C=O) groups is 1. The first-order valence-corrected chi connectivity index (χ1v) is 10.3. The Hall–Kier alpha value is -1.67. The third-order valence-corrected chi connectivity index (χ3v) is 6.09. The third-order valence-electron chi connectivity index (χ3n) is 4.09. The fourth-order valence-corrected chi connectivity index (χ4v) is 4.53. The molecule has 1 amide bonds. The highest BCUT2D eigenvalue weighted by molar-refractivity contribution is 7.90. The van der Waals surface area contributed by atoms with Gasteiger partial charge in [-0.25, -0.2) is 8.42 Å². The Kier molecular flexibility index (Phi) is 4.54. The van der Waals surface area contributed by atoms with Crippen molar-refractivity contribution in [2.24, 2.45) is 0 Å². The molecule has 8 heteroatoms. The number of sulfone groups is 1. The molecule has 1 N–H and O–H groups in total. The number of likely N-dealkylation sites (tertiary alicyclic amines) is 1. The first-order valence-electron chi connectivity index (χ1n) is 7.52. The third kappa shape index (κ3) is 3.48. The lowest BCUT2D eigenvalue weighted by atomic mass is 9.99. The van der Waals surface area contributed by atoms with E-state index in [1.165, 1.54) is 12.5 Å². The van der Waals surface area contributed by atoms with Crippen molar-refractivity contribution in [2.45, 2.75) is 36.6 Å². The van der Waals surface area contributed by atoms with E-state index in [1.807, 2.05) is 17.5 Å². The molecule has 124 valence electrons. The van der Waals surface area contributed by atoms with Crippen molar-refractivity contribution >= 4 is 27.1 Å². The molecule has 3 rings (SSSR count). The molecule has 2 aromatic rings. The molecule has 0 bridgehead atoms. The lowest BCUT2D eigenvalue weighted by Gasteiger charge is -2.35. The highest BCUT2D eigenvalue weighted by Crippen LogP contribution is 2.33. The van der Waals surface area contributed by atoms with Crippen LogP contribution in [0.25, 0.3) is 0 Å². The molecule has 0 radical (unpaired) electrons. The molecular weight excluding hydrogens is 334 g/mol. The fourth-order valence-electron chi connectivity index (χ4n) is 3.01. The van der Waals surface area contributed by atoms with E-state index in [-0.39, 0.29) is 16.8 Å². The summed E-state index contributed by atoms with van der Waals surface area (Å²) in [4.78, 5) is 15.7. The molecular formula is C15H19N3O3S2. The van der Waals surface area contributed by atoms with E-state index < -0.39 is 9.84 Å². The van der Waals surface area contributed by atoms with Gasteiger partial charge in [0.25, 0.3) is 0 Å². The minimum atomic E-state index is -3.37. The molecule has 0 saturated carbocycles. The standard InChI is InChI=1S/C15H19N3O3S2/c1-23(20,21)13-10-16-17-15(13)12-6-2-3-7-18(12)14(19)9-11-5-4-8-22-11/h4-5,8,10,12H,2-3,6-7,9H2,1H3,(H,16,17). The van der Waals surface area contributed by atoms with Gasteiger partial charge in [-0.3, -0.25) is 9.89 Å². The van der Waals surface area contributed by atoms with Gasteiger partial charge in [0.1, 0.15) is 4.90 Å². The predicted octanol–water partition coefficient (Wildman–Crippen LogP) is 2.17. The van der Waals surface area contributed by atoms with Crippen LogP contribution in [-0.4, -0.2) is 42.2 Å². The van der Waals surface area contributed by atoms with Crippen LogP contribution >= 0.6 is 11.3 Å². The molecule has 1 aliphatic rings. The van der Waals surface area contributed by atoms with E-state index in [0.717, 1.165) is 24.1 Å². The predicted molar refractivity (Wildman–Crippen MR) is 88.0 cm³/mol. The first kappa shape index (κ1) is 16.2. The van der Waals surface area contributed by atoms with Crippen molar-refractivity contribution in [1.82, 2.24) is 15.1 Å². The van der Waals surface area contributed by atoms with Crippen LogP contribution in [0, 0.1) is 0 Å². The molecule has 1 unspecified atom stereocenters. The second kappa shape index (κ2) is 6.45. The monoisotopic (exact) mass is 353 g/mol. The van der Waals surface area contributed by atoms with Gasteiger partial charge in [-0.15, -0.1) is 11.3 Å². The summed E-state index contributed by atoms with van der Waals surface area (Å²) in [6.45, 7) is 0.650. The molecule has 0 aliphatic carbocycles. The maximum absolute atomic E-state index is 12.7. The molecule has 2 aromatic heterocycles. The van der Waals surface area contributed by atoms with Gasteiger partial charge in [-0.2, -0.15) is 5.10 Å². The Morgan fingerprint density at radius 1 is 1.48 bits per heavy atom. The maximum Gasteiger partial charge on any atom is 0.228 e. The first-order chi connectivity index (χ1) is 11.0. The van der Waals surface area contributed by atoms with E-state index in [1.54, 1.807) is 16.2 Å². The molecule has 1 atom stereocenters. The van der Waals surface area contributed by atoms with E-state index in [0.29, 0.717) is 18.7 Å². The normalized spacial score (nSPS) is 19.0. The van der Waals surface area contributed by atoms with Crippen LogP contribution in [0.2, 0.25) is 0 Å². The quantitative estimate of drug-likeness (QED) is 0.913. The van der Waals surface area contributed by atoms with E-state index in [9.17, 15) is 13.2 Å². The van der Waals surface area contributed by atoms with Gasteiger partial charge in [0.05, 0.1) is 24.4 Å². The Bertz CT molecular complexity index is 781. The number of carbonyl (C=O) groups excluding carboxylic acids is 1. The highest BCUT2D eigenvalue weighted by Gasteiger charge is 2.32. The zero-order valence-electron chi connectivity index (χ0n) is 12.9. The van der Waals surface area contributed by atoms with E-state index in [2.05, 4.69) is 10.2 Å². The van der Waals surface area contributed by atoms with Crippen molar-refractivity contribution < 1.29 is 13.2 Å². The zero-order valence-corrected chi connectivity index (χ0v) is 14.5. The molecule has 3 heterocycles. The van der Waals surface area contributed by atoms with E-state index in [4.69, 9.17) is 0 Å². The van der Waals surface area contributed by atoms with Crippen LogP contribution in [0.5, 0.6) is 0 Å². The number of H-pyrrole nitrogens is 1. The van der Waals surface area contributed by atoms with Gasteiger partial charge in [0, 0.05) is 17.7 Å². The van der Waals surface area contributed by atoms with Crippen molar-refractivity contribution in [1.29, 1.82) is 0 Å². The Morgan fingerprint density at radius 3 is 3.00 bits per heavy atom. The van der Waals surface area contributed by atoms with Crippen LogP contribution in [-0.2, 0) is 21.1 Å². The lowest BCUT2D eigenvalue weighted by molar-refractivity contribution is -0.134. The summed E-state index contributed by atoms with van der Waals surface area (Å²) in [5.41, 5.74) is 0.534. The number of hydrogen-bond donors (Lipinski definition) is 1. The van der Waals surface area contributed by atoms with Crippen LogP contribution < -0.4 is 0 Å². The van der Waals surface area contributed by atoms with Gasteiger partial charge in [-0.05, 0) is 30.7 Å². The number of nitrogens with one attached hydrogen (secondary N) is 1. The highest BCUT2D eigenvalue weighted by atomic mass is 32.2. The van der Waals surface area contributed by atoms with Gasteiger partial charge >= 0.3 is 0 Å². The number of hydrogen-bond acceptors (Lipinski definition) is 5. The Balaban J connectivity index is 1.87. The molecule has 0 spiro atoms. The number of piperidine rings is 1. The second-order valence-electron chi connectivity index (χ2n) is 5.77. The van der Waals surface area contributed by atoms with E-state index >= 15 is 0 Å². The number of aromatic nitrogens is 2. The topological polar surface area (TPSA) is 83.1 Å². The average molecular weight is 353 g/mol. The lowest BCUT2D eigenvalue weighted by Crippen LogP contribution is -2.39. The van der Waals surface area contributed by atoms with Gasteiger partial charge < -0.3 is 4.90 Å². The van der Waals surface area contributed by atoms with Gasteiger partial charge in [0.15, 0.2) is 9.84 Å². The molecule has 23 heavy (non-hydrogen) atoms. The Morgan fingerprint density at radius 2 is 2.30 bits per heavy atom. The Labute approximate surface area is 139 Å². The summed E-state index contributed by atoms with van der Waals surface area (Å²) in [6.07, 6.45) is 5.52. The minimum absolute atomic E-state index is 0.0335. The molecule has 1 saturated heterocycles. The number of aromatic amines is 1. The fraction of sp³-hybridized carbons (Fsp3) is 0.467. The minimum Gasteiger partial charge on any atom is -0.334 e. The summed E-state index contributed by atoms with van der Waals surface area (Å²) in [6, 6.07) is 3.63. The largest absolute Gasteiger partial charge is 0.334 e. The summed E-state index contributed by atoms with van der Waals surface area (Å²) >= 11 is 1.56. The number of thiophene rings is 1. The maximum atomic E-state index is 12.7. The molecule has 0 aromatic carbocycles. The van der Waals surface area contributed by atoms with Crippen LogP contribution in [0.15, 0.2) is 28.6 Å². The summed E-state index contributed by atoms with van der Waals surface area (Å²) in [7, 11) is -3.37. The number of rotatable bonds is 4. The van der Waals surface area contributed by atoms with Crippen molar-refractivity contribution in [2.75, 3.05) is 12.8 Å². The van der Waals surface area contributed by atoms with Crippen molar-refractivity contribution in [3.8, 4) is 0 Å². The van der Waals surface area contributed by atoms with Crippen molar-refractivity contribution in [3.05, 3.63) is 34.3 Å². The average Bonchev–Trinajstić information content (AvgIpc) is 3.17. The van der Waals surface area contributed by atoms with Gasteiger partial charge in [-0.1, -0.05) is 6.07 Å². The summed E-state index contributed by atoms with van der Waals surface area (Å²) in [5.74, 6) is 0.0335. The van der Waals surface area contributed by atoms with Crippen LogP contribution in [0.4, 0.5) is 0 Å². The summed E-state index contributed by atoms with van der Waals surface area (Å²) in [5, 5.41) is 8.65. The second-order valence-corrected chi connectivity index (χ2v) is 8.79.